The Bertz CT molecular complexity index is 1080. The lowest BCUT2D eigenvalue weighted by molar-refractivity contribution is 0.0617. The molecule has 0 bridgehead atoms. The molecule has 1 fully saturated rings. The van der Waals surface area contributed by atoms with E-state index in [0.29, 0.717) is 42.1 Å². The van der Waals surface area contributed by atoms with Gasteiger partial charge in [0.25, 0.3) is 5.91 Å². The number of nitrogens with zero attached hydrogens (tertiary/aromatic N) is 1. The van der Waals surface area contributed by atoms with Crippen molar-refractivity contribution in [3.63, 3.8) is 0 Å². The third-order valence-electron chi connectivity index (χ3n) is 5.75. The van der Waals surface area contributed by atoms with E-state index in [2.05, 4.69) is 5.32 Å². The van der Waals surface area contributed by atoms with Crippen LogP contribution in [0.1, 0.15) is 55.1 Å². The number of benzene rings is 2. The molecular formula is C23H28N2O5S. The molecule has 1 amide bonds. The van der Waals surface area contributed by atoms with Gasteiger partial charge in [-0.15, -0.1) is 0 Å². The molecule has 2 aromatic carbocycles. The summed E-state index contributed by atoms with van der Waals surface area (Å²) < 4.78 is 37.4. The minimum absolute atomic E-state index is 0.166. The van der Waals surface area contributed by atoms with Crippen molar-refractivity contribution >= 4 is 21.6 Å². The van der Waals surface area contributed by atoms with Gasteiger partial charge in [0.2, 0.25) is 10.0 Å². The molecule has 31 heavy (non-hydrogen) atoms. The van der Waals surface area contributed by atoms with E-state index in [1.165, 1.54) is 4.31 Å². The first kappa shape index (κ1) is 21.5. The van der Waals surface area contributed by atoms with Gasteiger partial charge in [-0.1, -0.05) is 0 Å². The molecule has 2 aliphatic heterocycles. The van der Waals surface area contributed by atoms with Crippen LogP contribution < -0.4 is 19.1 Å². The molecule has 0 aliphatic carbocycles. The maximum atomic E-state index is 13.0. The molecular weight excluding hydrogens is 416 g/mol. The predicted molar refractivity (Wildman–Crippen MR) is 119 cm³/mol. The van der Waals surface area contributed by atoms with Gasteiger partial charge in [-0.25, -0.2) is 8.42 Å². The van der Waals surface area contributed by atoms with E-state index >= 15 is 0 Å². The van der Waals surface area contributed by atoms with Crippen LogP contribution in [0.25, 0.3) is 0 Å². The SMILES string of the molecule is COc1ccc2c(c1)OC(C)(C)CC2NC(=O)c1ccc(N2CCCCS2(=O)=O)cc1. The smallest absolute Gasteiger partial charge is 0.251 e. The molecule has 0 aromatic heterocycles. The first-order valence-corrected chi connectivity index (χ1v) is 12.1. The Morgan fingerprint density at radius 2 is 1.90 bits per heavy atom. The largest absolute Gasteiger partial charge is 0.497 e. The van der Waals surface area contributed by atoms with Gasteiger partial charge in [0, 0.05) is 30.2 Å². The van der Waals surface area contributed by atoms with Crippen LogP contribution in [0.5, 0.6) is 11.5 Å². The highest BCUT2D eigenvalue weighted by molar-refractivity contribution is 7.92. The third-order valence-corrected chi connectivity index (χ3v) is 7.62. The van der Waals surface area contributed by atoms with Crippen LogP contribution in [0.3, 0.4) is 0 Å². The van der Waals surface area contributed by atoms with E-state index < -0.39 is 15.6 Å². The molecule has 1 unspecified atom stereocenters. The quantitative estimate of drug-likeness (QED) is 0.778. The van der Waals surface area contributed by atoms with E-state index in [4.69, 9.17) is 9.47 Å². The molecule has 1 atom stereocenters. The second-order valence-corrected chi connectivity index (χ2v) is 10.7. The van der Waals surface area contributed by atoms with Crippen molar-refractivity contribution in [1.29, 1.82) is 0 Å². The van der Waals surface area contributed by atoms with Crippen molar-refractivity contribution in [2.45, 2.75) is 44.8 Å². The summed E-state index contributed by atoms with van der Waals surface area (Å²) in [4.78, 5) is 13.0. The number of rotatable bonds is 4. The highest BCUT2D eigenvalue weighted by Crippen LogP contribution is 2.41. The number of nitrogens with one attached hydrogen (secondary N) is 1. The maximum absolute atomic E-state index is 13.0. The lowest BCUT2D eigenvalue weighted by atomic mass is 9.89. The molecule has 2 heterocycles. The minimum atomic E-state index is -3.28. The summed E-state index contributed by atoms with van der Waals surface area (Å²) >= 11 is 0. The van der Waals surface area contributed by atoms with Crippen molar-refractivity contribution in [2.24, 2.45) is 0 Å². The topological polar surface area (TPSA) is 84.9 Å². The minimum Gasteiger partial charge on any atom is -0.497 e. The van der Waals surface area contributed by atoms with E-state index in [0.717, 1.165) is 12.0 Å². The number of fused-ring (bicyclic) bond motifs is 1. The van der Waals surface area contributed by atoms with Gasteiger partial charge < -0.3 is 14.8 Å². The molecule has 7 nitrogen and oxygen atoms in total. The Hall–Kier alpha value is -2.74. The summed E-state index contributed by atoms with van der Waals surface area (Å²) in [5.41, 5.74) is 1.55. The van der Waals surface area contributed by atoms with Crippen LogP contribution >= 0.6 is 0 Å². The number of methoxy groups -OCH3 is 1. The third kappa shape index (κ3) is 4.49. The van der Waals surface area contributed by atoms with Crippen LogP contribution in [-0.4, -0.2) is 39.3 Å². The maximum Gasteiger partial charge on any atom is 0.251 e. The fourth-order valence-electron chi connectivity index (χ4n) is 4.19. The van der Waals surface area contributed by atoms with Gasteiger partial charge in [-0.05, 0) is 63.1 Å². The molecule has 0 saturated carbocycles. The predicted octanol–water partition coefficient (Wildman–Crippen LogP) is 3.66. The van der Waals surface area contributed by atoms with Crippen molar-refractivity contribution in [2.75, 3.05) is 23.7 Å². The molecule has 4 rings (SSSR count). The molecule has 0 spiro atoms. The van der Waals surface area contributed by atoms with E-state index in [9.17, 15) is 13.2 Å². The zero-order chi connectivity index (χ0) is 22.2. The van der Waals surface area contributed by atoms with Gasteiger partial charge in [-0.2, -0.15) is 0 Å². The lowest BCUT2D eigenvalue weighted by Gasteiger charge is -2.38. The molecule has 8 heteroatoms. The summed E-state index contributed by atoms with van der Waals surface area (Å²) in [5.74, 6) is 1.35. The highest BCUT2D eigenvalue weighted by atomic mass is 32.2. The van der Waals surface area contributed by atoms with Crippen molar-refractivity contribution in [3.05, 3.63) is 53.6 Å². The summed E-state index contributed by atoms with van der Waals surface area (Å²) in [6.45, 7) is 4.45. The van der Waals surface area contributed by atoms with E-state index in [1.54, 1.807) is 31.4 Å². The van der Waals surface area contributed by atoms with Crippen molar-refractivity contribution < 1.29 is 22.7 Å². The number of hydrogen-bond donors (Lipinski definition) is 1. The number of hydrogen-bond acceptors (Lipinski definition) is 5. The molecule has 0 radical (unpaired) electrons. The number of amides is 1. The normalized spacial score (nSPS) is 21.5. The highest BCUT2D eigenvalue weighted by Gasteiger charge is 2.35. The fraction of sp³-hybridized carbons (Fsp3) is 0.435. The Morgan fingerprint density at radius 3 is 2.58 bits per heavy atom. The van der Waals surface area contributed by atoms with Gasteiger partial charge >= 0.3 is 0 Å². The molecule has 2 aromatic rings. The molecule has 166 valence electrons. The molecule has 1 saturated heterocycles. The van der Waals surface area contributed by atoms with Crippen molar-refractivity contribution in [3.8, 4) is 11.5 Å². The van der Waals surface area contributed by atoms with Crippen LogP contribution in [0.4, 0.5) is 5.69 Å². The Balaban J connectivity index is 1.53. The second-order valence-electron chi connectivity index (χ2n) is 8.64. The Kier molecular flexibility index (Phi) is 5.60. The average molecular weight is 445 g/mol. The number of sulfonamides is 1. The zero-order valence-electron chi connectivity index (χ0n) is 18.1. The number of anilines is 1. The first-order valence-electron chi connectivity index (χ1n) is 10.5. The van der Waals surface area contributed by atoms with E-state index in [1.807, 2.05) is 32.0 Å². The standard InChI is InChI=1S/C23H28N2O5S/c1-23(2)15-20(19-11-10-18(29-3)14-21(19)30-23)24-22(26)16-6-8-17(9-7-16)25-12-4-5-13-31(25,27)28/h6-11,14,20H,4-5,12-13,15H2,1-3H3,(H,24,26). The summed E-state index contributed by atoms with van der Waals surface area (Å²) in [7, 11) is -1.67. The lowest BCUT2D eigenvalue weighted by Crippen LogP contribution is -2.41. The number of carbonyl (C=O) groups excluding carboxylic acids is 1. The summed E-state index contributed by atoms with van der Waals surface area (Å²) in [6, 6.07) is 12.1. The van der Waals surface area contributed by atoms with Crippen molar-refractivity contribution in [1.82, 2.24) is 5.32 Å². The zero-order valence-corrected chi connectivity index (χ0v) is 18.9. The van der Waals surface area contributed by atoms with Crippen LogP contribution in [0, 0.1) is 0 Å². The average Bonchev–Trinajstić information content (AvgIpc) is 2.72. The Labute approximate surface area is 183 Å². The van der Waals surface area contributed by atoms with Crippen LogP contribution in [0.15, 0.2) is 42.5 Å². The van der Waals surface area contributed by atoms with Crippen LogP contribution in [0.2, 0.25) is 0 Å². The van der Waals surface area contributed by atoms with E-state index in [-0.39, 0.29) is 17.7 Å². The van der Waals surface area contributed by atoms with Gasteiger partial charge in [-0.3, -0.25) is 9.10 Å². The van der Waals surface area contributed by atoms with Gasteiger partial charge in [0.1, 0.15) is 17.1 Å². The fourth-order valence-corrected chi connectivity index (χ4v) is 5.83. The van der Waals surface area contributed by atoms with Gasteiger partial charge in [0.15, 0.2) is 0 Å². The monoisotopic (exact) mass is 444 g/mol. The molecule has 1 N–H and O–H groups in total. The summed E-state index contributed by atoms with van der Waals surface area (Å²) in [5, 5.41) is 3.11. The van der Waals surface area contributed by atoms with Gasteiger partial charge in [0.05, 0.1) is 24.6 Å². The first-order chi connectivity index (χ1) is 14.7. The van der Waals surface area contributed by atoms with Crippen LogP contribution in [-0.2, 0) is 10.0 Å². The second kappa shape index (κ2) is 8.07. The summed E-state index contributed by atoms with van der Waals surface area (Å²) in [6.07, 6.45) is 2.15. The number of carbonyl (C=O) groups is 1. The molecule has 2 aliphatic rings. The number of ether oxygens (including phenoxy) is 2. The Morgan fingerprint density at radius 1 is 1.16 bits per heavy atom.